The maximum absolute atomic E-state index is 12.6. The second-order valence-corrected chi connectivity index (χ2v) is 6.97. The maximum Gasteiger partial charge on any atom is 0.225 e. The molecule has 1 aliphatic heterocycles. The molecule has 0 bridgehead atoms. The molecule has 0 saturated carbocycles. The number of nitrogens with zero attached hydrogens (tertiary/aromatic N) is 3. The highest BCUT2D eigenvalue weighted by Crippen LogP contribution is 2.21. The lowest BCUT2D eigenvalue weighted by Gasteiger charge is -2.16. The summed E-state index contributed by atoms with van der Waals surface area (Å²) in [5.41, 5.74) is 3.91. The van der Waals surface area contributed by atoms with Gasteiger partial charge in [-0.15, -0.1) is 0 Å². The number of aromatic nitrogens is 3. The summed E-state index contributed by atoms with van der Waals surface area (Å²) >= 11 is 0. The number of hydrogen-bond donors (Lipinski definition) is 2. The number of likely N-dealkylation sites (tertiary alicyclic amines) is 1. The van der Waals surface area contributed by atoms with E-state index in [-0.39, 0.29) is 24.2 Å². The van der Waals surface area contributed by atoms with Gasteiger partial charge in [-0.3, -0.25) is 19.7 Å². The minimum Gasteiger partial charge on any atom is -0.350 e. The van der Waals surface area contributed by atoms with Crippen LogP contribution in [-0.2, 0) is 22.7 Å². The van der Waals surface area contributed by atoms with E-state index in [0.717, 1.165) is 27.7 Å². The first-order valence-corrected chi connectivity index (χ1v) is 8.98. The Morgan fingerprint density at radius 2 is 2.11 bits per heavy atom. The number of pyridine rings is 1. The van der Waals surface area contributed by atoms with Gasteiger partial charge in [-0.25, -0.2) is 0 Å². The third-order valence-corrected chi connectivity index (χ3v) is 4.94. The van der Waals surface area contributed by atoms with Crippen molar-refractivity contribution in [1.29, 1.82) is 0 Å². The Morgan fingerprint density at radius 1 is 1.30 bits per heavy atom. The van der Waals surface area contributed by atoms with E-state index in [1.807, 2.05) is 31.2 Å². The molecule has 4 rings (SSSR count). The molecule has 2 N–H and O–H groups in total. The summed E-state index contributed by atoms with van der Waals surface area (Å²) < 4.78 is 0. The van der Waals surface area contributed by atoms with Gasteiger partial charge in [0.05, 0.1) is 23.7 Å². The van der Waals surface area contributed by atoms with Gasteiger partial charge < -0.3 is 10.2 Å². The van der Waals surface area contributed by atoms with E-state index < -0.39 is 0 Å². The summed E-state index contributed by atoms with van der Waals surface area (Å²) in [5.74, 6) is -0.416. The van der Waals surface area contributed by atoms with Crippen molar-refractivity contribution in [1.82, 2.24) is 25.4 Å². The predicted octanol–water partition coefficient (Wildman–Crippen LogP) is 1.93. The second kappa shape index (κ2) is 7.19. The van der Waals surface area contributed by atoms with Crippen LogP contribution in [0, 0.1) is 12.8 Å². The Morgan fingerprint density at radius 3 is 2.93 bits per heavy atom. The minimum absolute atomic E-state index is 0.00887. The number of aryl methyl sites for hydroxylation is 1. The lowest BCUT2D eigenvalue weighted by atomic mass is 10.1. The van der Waals surface area contributed by atoms with Gasteiger partial charge in [0.1, 0.15) is 0 Å². The number of benzene rings is 1. The highest BCUT2D eigenvalue weighted by molar-refractivity contribution is 5.89. The van der Waals surface area contributed by atoms with Gasteiger partial charge in [-0.2, -0.15) is 5.10 Å². The van der Waals surface area contributed by atoms with Crippen LogP contribution >= 0.6 is 0 Å². The lowest BCUT2D eigenvalue weighted by Crippen LogP contribution is -2.32. The fourth-order valence-electron chi connectivity index (χ4n) is 3.44. The summed E-state index contributed by atoms with van der Waals surface area (Å²) in [6.45, 7) is 3.34. The molecule has 0 radical (unpaired) electrons. The zero-order chi connectivity index (χ0) is 18.8. The van der Waals surface area contributed by atoms with Crippen molar-refractivity contribution in [2.45, 2.75) is 26.4 Å². The molecule has 1 saturated heterocycles. The molecule has 27 heavy (non-hydrogen) atoms. The first kappa shape index (κ1) is 17.2. The van der Waals surface area contributed by atoms with Gasteiger partial charge >= 0.3 is 0 Å². The van der Waals surface area contributed by atoms with Gasteiger partial charge in [0.15, 0.2) is 0 Å². The number of H-pyrrole nitrogens is 1. The summed E-state index contributed by atoms with van der Waals surface area (Å²) in [7, 11) is 0. The average Bonchev–Trinajstić information content (AvgIpc) is 3.24. The van der Waals surface area contributed by atoms with E-state index in [1.165, 1.54) is 0 Å². The van der Waals surface area contributed by atoms with E-state index in [2.05, 4.69) is 26.6 Å². The van der Waals surface area contributed by atoms with Crippen LogP contribution in [0.1, 0.15) is 23.2 Å². The smallest absolute Gasteiger partial charge is 0.225 e. The van der Waals surface area contributed by atoms with Crippen LogP contribution in [0.25, 0.3) is 10.9 Å². The Kier molecular flexibility index (Phi) is 4.58. The molecule has 138 valence electrons. The molecule has 7 nitrogen and oxygen atoms in total. The van der Waals surface area contributed by atoms with Crippen molar-refractivity contribution in [3.05, 3.63) is 59.5 Å². The molecule has 1 aromatic carbocycles. The highest BCUT2D eigenvalue weighted by atomic mass is 16.2. The quantitative estimate of drug-likeness (QED) is 0.725. The fraction of sp³-hybridized carbons (Fsp3) is 0.300. The monoisotopic (exact) mass is 363 g/mol. The third kappa shape index (κ3) is 3.67. The first-order chi connectivity index (χ1) is 13.1. The molecule has 1 aliphatic rings. The summed E-state index contributed by atoms with van der Waals surface area (Å²) in [6, 6.07) is 9.78. The van der Waals surface area contributed by atoms with Crippen molar-refractivity contribution >= 4 is 22.7 Å². The summed E-state index contributed by atoms with van der Waals surface area (Å²) in [4.78, 5) is 30.5. The van der Waals surface area contributed by atoms with Gasteiger partial charge in [0.25, 0.3) is 0 Å². The van der Waals surface area contributed by atoms with Crippen molar-refractivity contribution < 1.29 is 9.59 Å². The number of carbonyl (C=O) groups is 2. The lowest BCUT2D eigenvalue weighted by molar-refractivity contribution is -0.129. The second-order valence-electron chi connectivity index (χ2n) is 6.97. The van der Waals surface area contributed by atoms with E-state index >= 15 is 0 Å². The zero-order valence-electron chi connectivity index (χ0n) is 15.1. The van der Waals surface area contributed by atoms with E-state index in [1.54, 1.807) is 17.3 Å². The Hall–Kier alpha value is -3.22. The number of nitrogens with one attached hydrogen (secondary N) is 2. The van der Waals surface area contributed by atoms with Crippen LogP contribution in [0.2, 0.25) is 0 Å². The maximum atomic E-state index is 12.6. The number of aromatic amines is 1. The fourth-order valence-corrected chi connectivity index (χ4v) is 3.44. The van der Waals surface area contributed by atoms with Crippen LogP contribution in [-0.4, -0.2) is 38.4 Å². The molecule has 7 heteroatoms. The molecule has 2 aromatic heterocycles. The molecule has 3 heterocycles. The number of amides is 2. The van der Waals surface area contributed by atoms with E-state index in [9.17, 15) is 9.59 Å². The molecule has 0 spiro atoms. The summed E-state index contributed by atoms with van der Waals surface area (Å²) in [6.07, 6.45) is 3.66. The third-order valence-electron chi connectivity index (χ3n) is 4.94. The molecular weight excluding hydrogens is 342 g/mol. The largest absolute Gasteiger partial charge is 0.350 e. The number of rotatable bonds is 5. The normalized spacial score (nSPS) is 16.9. The van der Waals surface area contributed by atoms with Crippen molar-refractivity contribution in [2.75, 3.05) is 6.54 Å². The minimum atomic E-state index is -0.324. The van der Waals surface area contributed by atoms with Crippen LogP contribution in [0.5, 0.6) is 0 Å². The zero-order valence-corrected chi connectivity index (χ0v) is 15.1. The van der Waals surface area contributed by atoms with Crippen LogP contribution in [0.3, 0.4) is 0 Å². The molecule has 1 fully saturated rings. The van der Waals surface area contributed by atoms with Gasteiger partial charge in [0.2, 0.25) is 11.8 Å². The number of carbonyl (C=O) groups excluding carboxylic acids is 2. The Bertz CT molecular complexity index is 982. The molecule has 0 aliphatic carbocycles. The number of hydrogen-bond acceptors (Lipinski definition) is 4. The summed E-state index contributed by atoms with van der Waals surface area (Å²) in [5, 5.41) is 11.2. The first-order valence-electron chi connectivity index (χ1n) is 8.98. The van der Waals surface area contributed by atoms with Crippen molar-refractivity contribution in [2.24, 2.45) is 5.92 Å². The standard InChI is InChI=1S/C20H21N5O2/c1-13-2-3-17-16(8-13)18(24-23-17)10-22-20(27)15-9-19(26)25(12-15)11-14-4-6-21-7-5-14/h2-8,15H,9-12H2,1H3,(H,22,27)(H,23,24). The van der Waals surface area contributed by atoms with Crippen LogP contribution in [0.15, 0.2) is 42.7 Å². The SMILES string of the molecule is Cc1ccc2n[nH]c(CNC(=O)C3CC(=O)N(Cc4ccncc4)C3)c2c1. The van der Waals surface area contributed by atoms with E-state index in [0.29, 0.717) is 19.6 Å². The molecular formula is C20H21N5O2. The van der Waals surface area contributed by atoms with Gasteiger partial charge in [-0.05, 0) is 36.8 Å². The Balaban J connectivity index is 1.37. The molecule has 3 aromatic rings. The molecule has 1 unspecified atom stereocenters. The van der Waals surface area contributed by atoms with Crippen LogP contribution < -0.4 is 5.32 Å². The molecule has 1 atom stereocenters. The molecule has 2 amide bonds. The average molecular weight is 363 g/mol. The van der Waals surface area contributed by atoms with Gasteiger partial charge in [-0.1, -0.05) is 11.6 Å². The van der Waals surface area contributed by atoms with Crippen molar-refractivity contribution in [3.63, 3.8) is 0 Å². The van der Waals surface area contributed by atoms with Crippen LogP contribution in [0.4, 0.5) is 0 Å². The van der Waals surface area contributed by atoms with Gasteiger partial charge in [0, 0.05) is 37.3 Å². The Labute approximate surface area is 156 Å². The number of fused-ring (bicyclic) bond motifs is 1. The topological polar surface area (TPSA) is 91.0 Å². The highest BCUT2D eigenvalue weighted by Gasteiger charge is 2.34. The van der Waals surface area contributed by atoms with E-state index in [4.69, 9.17) is 0 Å². The predicted molar refractivity (Wildman–Crippen MR) is 100 cm³/mol. The van der Waals surface area contributed by atoms with Crippen molar-refractivity contribution in [3.8, 4) is 0 Å².